The number of rotatable bonds is 6. The summed E-state index contributed by atoms with van der Waals surface area (Å²) in [6, 6.07) is 10.6. The van der Waals surface area contributed by atoms with E-state index in [-0.39, 0.29) is 23.9 Å². The minimum absolute atomic E-state index is 0.0503. The van der Waals surface area contributed by atoms with Crippen molar-refractivity contribution < 1.29 is 18.8 Å². The summed E-state index contributed by atoms with van der Waals surface area (Å²) in [6.45, 7) is 4.24. The second kappa shape index (κ2) is 10.4. The first-order valence-electron chi connectivity index (χ1n) is 10.0. The molecule has 164 valence electrons. The molecule has 2 aromatic rings. The van der Waals surface area contributed by atoms with Crippen molar-refractivity contribution in [3.8, 4) is 0 Å². The average Bonchev–Trinajstić information content (AvgIpc) is 2.76. The van der Waals surface area contributed by atoms with E-state index in [1.807, 2.05) is 11.8 Å². The molecular formula is C22H24ClFN4O3. The van der Waals surface area contributed by atoms with Crippen LogP contribution < -0.4 is 10.6 Å². The highest BCUT2D eigenvalue weighted by molar-refractivity contribution is 6.31. The van der Waals surface area contributed by atoms with Gasteiger partial charge in [0.1, 0.15) is 5.82 Å². The number of nitrogens with zero attached hydrogens (tertiary/aromatic N) is 2. The van der Waals surface area contributed by atoms with Crippen molar-refractivity contribution in [2.75, 3.05) is 44.6 Å². The molecule has 1 aliphatic heterocycles. The van der Waals surface area contributed by atoms with E-state index in [2.05, 4.69) is 10.6 Å². The highest BCUT2D eigenvalue weighted by Crippen LogP contribution is 2.18. The lowest BCUT2D eigenvalue weighted by Crippen LogP contribution is -2.50. The minimum Gasteiger partial charge on any atom is -0.352 e. The van der Waals surface area contributed by atoms with Crippen molar-refractivity contribution in [2.45, 2.75) is 6.92 Å². The predicted molar refractivity (Wildman–Crippen MR) is 117 cm³/mol. The van der Waals surface area contributed by atoms with Crippen LogP contribution in [0.25, 0.3) is 0 Å². The SMILES string of the molecule is CCNC(=O)c1cccc(NC(=O)CN2CCN(C(=O)c3cc(Cl)ccc3F)CC2)c1. The summed E-state index contributed by atoms with van der Waals surface area (Å²) in [4.78, 5) is 40.4. The Morgan fingerprint density at radius 3 is 2.52 bits per heavy atom. The fourth-order valence-electron chi connectivity index (χ4n) is 3.35. The van der Waals surface area contributed by atoms with Crippen LogP contribution >= 0.6 is 11.6 Å². The fraction of sp³-hybridized carbons (Fsp3) is 0.318. The topological polar surface area (TPSA) is 81.8 Å². The number of anilines is 1. The summed E-state index contributed by atoms with van der Waals surface area (Å²) >= 11 is 5.88. The normalized spacial score (nSPS) is 14.2. The molecule has 2 aromatic carbocycles. The first-order chi connectivity index (χ1) is 14.9. The Balaban J connectivity index is 1.51. The summed E-state index contributed by atoms with van der Waals surface area (Å²) in [5.74, 6) is -1.43. The van der Waals surface area contributed by atoms with Crippen LogP contribution in [-0.4, -0.2) is 66.8 Å². The highest BCUT2D eigenvalue weighted by Gasteiger charge is 2.25. The maximum atomic E-state index is 14.0. The summed E-state index contributed by atoms with van der Waals surface area (Å²) in [6.07, 6.45) is 0. The number of piperazine rings is 1. The maximum absolute atomic E-state index is 14.0. The van der Waals surface area contributed by atoms with Crippen molar-refractivity contribution in [3.05, 3.63) is 64.4 Å². The van der Waals surface area contributed by atoms with Crippen LogP contribution in [0.1, 0.15) is 27.6 Å². The zero-order valence-corrected chi connectivity index (χ0v) is 17.9. The molecule has 1 fully saturated rings. The van der Waals surface area contributed by atoms with E-state index in [0.717, 1.165) is 0 Å². The molecule has 0 saturated carbocycles. The molecule has 0 spiro atoms. The largest absolute Gasteiger partial charge is 0.352 e. The number of halogens is 2. The lowest BCUT2D eigenvalue weighted by molar-refractivity contribution is -0.117. The molecule has 2 N–H and O–H groups in total. The Kier molecular flexibility index (Phi) is 7.59. The van der Waals surface area contributed by atoms with Gasteiger partial charge >= 0.3 is 0 Å². The van der Waals surface area contributed by atoms with Crippen LogP contribution in [-0.2, 0) is 4.79 Å². The molecule has 3 amide bonds. The molecule has 9 heteroatoms. The quantitative estimate of drug-likeness (QED) is 0.714. The lowest BCUT2D eigenvalue weighted by Gasteiger charge is -2.34. The maximum Gasteiger partial charge on any atom is 0.256 e. The Morgan fingerprint density at radius 2 is 1.81 bits per heavy atom. The van der Waals surface area contributed by atoms with Crippen LogP contribution in [0.15, 0.2) is 42.5 Å². The Hall–Kier alpha value is -2.97. The molecule has 0 atom stereocenters. The smallest absolute Gasteiger partial charge is 0.256 e. The van der Waals surface area contributed by atoms with Gasteiger partial charge in [-0.05, 0) is 43.3 Å². The number of carbonyl (C=O) groups is 3. The first kappa shape index (κ1) is 22.7. The second-order valence-electron chi connectivity index (χ2n) is 7.18. The summed E-state index contributed by atoms with van der Waals surface area (Å²) in [5, 5.41) is 5.81. The highest BCUT2D eigenvalue weighted by atomic mass is 35.5. The monoisotopic (exact) mass is 446 g/mol. The number of hydrogen-bond acceptors (Lipinski definition) is 4. The van der Waals surface area contributed by atoms with Gasteiger partial charge in [0.15, 0.2) is 0 Å². The lowest BCUT2D eigenvalue weighted by atomic mass is 10.1. The molecule has 0 aliphatic carbocycles. The van der Waals surface area contributed by atoms with Gasteiger partial charge in [0.25, 0.3) is 11.8 Å². The molecule has 31 heavy (non-hydrogen) atoms. The third kappa shape index (κ3) is 6.02. The van der Waals surface area contributed by atoms with E-state index in [1.54, 1.807) is 29.2 Å². The molecular weight excluding hydrogens is 423 g/mol. The minimum atomic E-state index is -0.606. The first-order valence-corrected chi connectivity index (χ1v) is 10.4. The Morgan fingerprint density at radius 1 is 1.06 bits per heavy atom. The number of carbonyl (C=O) groups excluding carboxylic acids is 3. The van der Waals surface area contributed by atoms with E-state index >= 15 is 0 Å². The second-order valence-corrected chi connectivity index (χ2v) is 7.62. The van der Waals surface area contributed by atoms with Crippen molar-refractivity contribution in [3.63, 3.8) is 0 Å². The molecule has 1 saturated heterocycles. The third-order valence-corrected chi connectivity index (χ3v) is 5.17. The van der Waals surface area contributed by atoms with E-state index in [1.165, 1.54) is 18.2 Å². The molecule has 0 radical (unpaired) electrons. The molecule has 7 nitrogen and oxygen atoms in total. The molecule has 3 rings (SSSR count). The van der Waals surface area contributed by atoms with Gasteiger partial charge in [-0.1, -0.05) is 17.7 Å². The average molecular weight is 447 g/mol. The van der Waals surface area contributed by atoms with Gasteiger partial charge in [-0.2, -0.15) is 0 Å². The van der Waals surface area contributed by atoms with Gasteiger partial charge in [-0.15, -0.1) is 0 Å². The summed E-state index contributed by atoms with van der Waals surface area (Å²) < 4.78 is 14.0. The molecule has 0 bridgehead atoms. The van der Waals surface area contributed by atoms with Crippen LogP contribution in [0.5, 0.6) is 0 Å². The van der Waals surface area contributed by atoms with Crippen molar-refractivity contribution in [2.24, 2.45) is 0 Å². The number of benzene rings is 2. The number of hydrogen-bond donors (Lipinski definition) is 2. The van der Waals surface area contributed by atoms with Crippen LogP contribution in [0.4, 0.5) is 10.1 Å². The zero-order chi connectivity index (χ0) is 22.4. The van der Waals surface area contributed by atoms with E-state index in [0.29, 0.717) is 49.0 Å². The standard InChI is InChI=1S/C22H24ClFN4O3/c1-2-25-21(30)15-4-3-5-17(12-15)26-20(29)14-27-8-10-28(11-9-27)22(31)18-13-16(23)6-7-19(18)24/h3-7,12-13H,2,8-11,14H2,1H3,(H,25,30)(H,26,29). The van der Waals surface area contributed by atoms with Crippen LogP contribution in [0.2, 0.25) is 5.02 Å². The molecule has 0 unspecified atom stereocenters. The van der Waals surface area contributed by atoms with E-state index in [4.69, 9.17) is 11.6 Å². The Labute approximate surface area is 185 Å². The number of nitrogens with one attached hydrogen (secondary N) is 2. The van der Waals surface area contributed by atoms with Gasteiger partial charge in [-0.3, -0.25) is 19.3 Å². The van der Waals surface area contributed by atoms with Crippen LogP contribution in [0.3, 0.4) is 0 Å². The van der Waals surface area contributed by atoms with Crippen LogP contribution in [0, 0.1) is 5.82 Å². The summed E-state index contributed by atoms with van der Waals surface area (Å²) in [5.41, 5.74) is 0.963. The van der Waals surface area contributed by atoms with E-state index < -0.39 is 11.7 Å². The summed E-state index contributed by atoms with van der Waals surface area (Å²) in [7, 11) is 0. The van der Waals surface area contributed by atoms with Crippen molar-refractivity contribution in [1.82, 2.24) is 15.1 Å². The van der Waals surface area contributed by atoms with Gasteiger partial charge in [-0.25, -0.2) is 4.39 Å². The zero-order valence-electron chi connectivity index (χ0n) is 17.2. The van der Waals surface area contributed by atoms with Gasteiger partial charge < -0.3 is 15.5 Å². The third-order valence-electron chi connectivity index (χ3n) is 4.93. The Bertz CT molecular complexity index is 977. The molecule has 1 heterocycles. The van der Waals surface area contributed by atoms with Gasteiger partial charge in [0, 0.05) is 49.0 Å². The number of amides is 3. The molecule has 1 aliphatic rings. The van der Waals surface area contributed by atoms with Gasteiger partial charge in [0.05, 0.1) is 12.1 Å². The molecule has 0 aromatic heterocycles. The van der Waals surface area contributed by atoms with Crippen molar-refractivity contribution in [1.29, 1.82) is 0 Å². The van der Waals surface area contributed by atoms with E-state index in [9.17, 15) is 18.8 Å². The van der Waals surface area contributed by atoms with Gasteiger partial charge in [0.2, 0.25) is 5.91 Å². The predicted octanol–water partition coefficient (Wildman–Crippen LogP) is 2.63. The fourth-order valence-corrected chi connectivity index (χ4v) is 3.52. The van der Waals surface area contributed by atoms with Crippen molar-refractivity contribution >= 4 is 35.0 Å².